The van der Waals surface area contributed by atoms with Crippen molar-refractivity contribution in [3.8, 4) is 33.4 Å². The van der Waals surface area contributed by atoms with Crippen LogP contribution in [0.25, 0.3) is 55.3 Å². The molecule has 3 aliphatic carbocycles. The topological polar surface area (TPSA) is 16.4 Å². The summed E-state index contributed by atoms with van der Waals surface area (Å²) in [4.78, 5) is 2.49. The summed E-state index contributed by atoms with van der Waals surface area (Å²) >= 11 is 0. The molecule has 0 N–H and O–H groups in total. The normalized spacial score (nSPS) is 14.8. The minimum Gasteiger partial charge on any atom is -0.456 e. The van der Waals surface area contributed by atoms with Gasteiger partial charge in [0, 0.05) is 33.6 Å². The lowest BCUT2D eigenvalue weighted by atomic mass is 9.69. The standard InChI is InChI=1S/C52H35NO/c1-51(2)42-20-7-3-14-34(42)37-28-26-32(30-46(37)51)53(33-27-29-39-38-17-6-12-25-48(38)54-49(39)31-33)47-24-11-10-23-45(47)52-43-21-8-4-15-35(43)40-18-13-19-41(50(40)52)36-16-5-9-22-44(36)52/h3-31H,1-2H3. The lowest BCUT2D eigenvalue weighted by Crippen LogP contribution is -2.28. The van der Waals surface area contributed by atoms with E-state index in [1.165, 1.54) is 66.8 Å². The van der Waals surface area contributed by atoms with Crippen molar-refractivity contribution in [3.63, 3.8) is 0 Å². The first-order valence-corrected chi connectivity index (χ1v) is 18.9. The Hall–Kier alpha value is -6.64. The Labute approximate surface area is 314 Å². The molecule has 0 fully saturated rings. The van der Waals surface area contributed by atoms with E-state index in [2.05, 4.69) is 189 Å². The third-order valence-corrected chi connectivity index (χ3v) is 12.7. The highest BCUT2D eigenvalue weighted by Gasteiger charge is 2.53. The highest BCUT2D eigenvalue weighted by atomic mass is 16.3. The first-order chi connectivity index (χ1) is 26.5. The van der Waals surface area contributed by atoms with Crippen molar-refractivity contribution in [1.82, 2.24) is 0 Å². The minimum absolute atomic E-state index is 0.142. The molecule has 0 spiro atoms. The van der Waals surface area contributed by atoms with Gasteiger partial charge in [-0.2, -0.15) is 0 Å². The van der Waals surface area contributed by atoms with E-state index < -0.39 is 5.41 Å². The summed E-state index contributed by atoms with van der Waals surface area (Å²) in [6.07, 6.45) is 0. The maximum atomic E-state index is 6.56. The third-order valence-electron chi connectivity index (χ3n) is 12.7. The summed E-state index contributed by atoms with van der Waals surface area (Å²) in [5.41, 5.74) is 20.4. The van der Waals surface area contributed by atoms with Crippen LogP contribution in [0.1, 0.15) is 47.2 Å². The number of fused-ring (bicyclic) bond motifs is 12. The van der Waals surface area contributed by atoms with Gasteiger partial charge in [-0.3, -0.25) is 0 Å². The first kappa shape index (κ1) is 29.9. The largest absolute Gasteiger partial charge is 0.456 e. The van der Waals surface area contributed by atoms with Gasteiger partial charge in [-0.05, 0) is 103 Å². The number of rotatable bonds is 4. The molecule has 0 unspecified atom stereocenters. The predicted octanol–water partition coefficient (Wildman–Crippen LogP) is 13.7. The number of hydrogen-bond acceptors (Lipinski definition) is 2. The van der Waals surface area contributed by atoms with Crippen LogP contribution in [-0.2, 0) is 10.8 Å². The molecule has 0 bridgehead atoms. The number of anilines is 3. The van der Waals surface area contributed by atoms with E-state index in [1.807, 2.05) is 6.07 Å². The number of hydrogen-bond donors (Lipinski definition) is 0. The Morgan fingerprint density at radius 2 is 0.907 bits per heavy atom. The van der Waals surface area contributed by atoms with Gasteiger partial charge in [-0.15, -0.1) is 0 Å². The summed E-state index contributed by atoms with van der Waals surface area (Å²) in [6, 6.07) is 65.2. The van der Waals surface area contributed by atoms with Crippen LogP contribution in [0.5, 0.6) is 0 Å². The molecule has 1 heterocycles. The van der Waals surface area contributed by atoms with Gasteiger partial charge >= 0.3 is 0 Å². The molecular formula is C52H35NO. The summed E-state index contributed by atoms with van der Waals surface area (Å²) in [5.74, 6) is 0. The molecule has 3 aliphatic rings. The van der Waals surface area contributed by atoms with Gasteiger partial charge in [-0.25, -0.2) is 0 Å². The molecule has 2 heteroatoms. The van der Waals surface area contributed by atoms with Gasteiger partial charge in [0.1, 0.15) is 11.2 Å². The van der Waals surface area contributed by atoms with Gasteiger partial charge in [0.2, 0.25) is 0 Å². The van der Waals surface area contributed by atoms with Crippen LogP contribution in [0.2, 0.25) is 0 Å². The average Bonchev–Trinajstić information content (AvgIpc) is 3.91. The number of furan rings is 1. The van der Waals surface area contributed by atoms with Crippen molar-refractivity contribution in [2.24, 2.45) is 0 Å². The monoisotopic (exact) mass is 689 g/mol. The molecule has 0 amide bonds. The highest BCUT2D eigenvalue weighted by Crippen LogP contribution is 2.66. The molecule has 12 rings (SSSR count). The summed E-state index contributed by atoms with van der Waals surface area (Å²) in [6.45, 7) is 4.73. The molecule has 9 aromatic rings. The van der Waals surface area contributed by atoms with Crippen LogP contribution in [0.15, 0.2) is 180 Å². The lowest BCUT2D eigenvalue weighted by Gasteiger charge is -2.36. The van der Waals surface area contributed by atoms with E-state index in [1.54, 1.807) is 0 Å². The first-order valence-electron chi connectivity index (χ1n) is 18.9. The van der Waals surface area contributed by atoms with E-state index >= 15 is 0 Å². The Balaban J connectivity index is 1.17. The third kappa shape index (κ3) is 3.65. The summed E-state index contributed by atoms with van der Waals surface area (Å²) < 4.78 is 6.56. The smallest absolute Gasteiger partial charge is 0.137 e. The minimum atomic E-state index is -0.496. The molecule has 0 aliphatic heterocycles. The highest BCUT2D eigenvalue weighted by molar-refractivity contribution is 6.06. The van der Waals surface area contributed by atoms with Gasteiger partial charge in [0.05, 0.1) is 11.1 Å². The second-order valence-corrected chi connectivity index (χ2v) is 15.6. The zero-order chi connectivity index (χ0) is 35.8. The van der Waals surface area contributed by atoms with Crippen LogP contribution in [0, 0.1) is 0 Å². The molecule has 0 saturated heterocycles. The number of benzene rings is 8. The lowest BCUT2D eigenvalue weighted by molar-refractivity contribution is 0.660. The maximum Gasteiger partial charge on any atom is 0.137 e. The zero-order valence-corrected chi connectivity index (χ0v) is 30.1. The molecule has 0 atom stereocenters. The molecule has 1 aromatic heterocycles. The van der Waals surface area contributed by atoms with Gasteiger partial charge in [0.25, 0.3) is 0 Å². The fraction of sp³-hybridized carbons (Fsp3) is 0.0769. The summed E-state index contributed by atoms with van der Waals surface area (Å²) in [7, 11) is 0. The van der Waals surface area contributed by atoms with Crippen molar-refractivity contribution >= 4 is 39.0 Å². The molecule has 54 heavy (non-hydrogen) atoms. The van der Waals surface area contributed by atoms with Crippen LogP contribution in [-0.4, -0.2) is 0 Å². The fourth-order valence-corrected chi connectivity index (χ4v) is 10.4. The van der Waals surface area contributed by atoms with Crippen LogP contribution in [0.3, 0.4) is 0 Å². The molecule has 0 radical (unpaired) electrons. The van der Waals surface area contributed by atoms with Crippen molar-refractivity contribution < 1.29 is 4.42 Å². The van der Waals surface area contributed by atoms with E-state index in [-0.39, 0.29) is 5.41 Å². The van der Waals surface area contributed by atoms with Crippen LogP contribution >= 0.6 is 0 Å². The molecule has 2 nitrogen and oxygen atoms in total. The summed E-state index contributed by atoms with van der Waals surface area (Å²) in [5, 5.41) is 2.26. The Bertz CT molecular complexity index is 2990. The molecule has 0 saturated carbocycles. The zero-order valence-electron chi connectivity index (χ0n) is 30.1. The van der Waals surface area contributed by atoms with E-state index in [0.29, 0.717) is 0 Å². The Morgan fingerprint density at radius 3 is 1.65 bits per heavy atom. The van der Waals surface area contributed by atoms with Crippen molar-refractivity contribution in [2.75, 3.05) is 4.90 Å². The predicted molar refractivity (Wildman–Crippen MR) is 222 cm³/mol. The quantitative estimate of drug-likeness (QED) is 0.183. The van der Waals surface area contributed by atoms with E-state index in [9.17, 15) is 0 Å². The van der Waals surface area contributed by atoms with E-state index in [4.69, 9.17) is 4.42 Å². The van der Waals surface area contributed by atoms with Crippen molar-refractivity contribution in [2.45, 2.75) is 24.7 Å². The number of nitrogens with zero attached hydrogens (tertiary/aromatic N) is 1. The maximum absolute atomic E-state index is 6.56. The molecular weight excluding hydrogens is 655 g/mol. The Kier molecular flexibility index (Phi) is 5.81. The second-order valence-electron chi connectivity index (χ2n) is 15.6. The van der Waals surface area contributed by atoms with Gasteiger partial charge in [-0.1, -0.05) is 147 Å². The second kappa shape index (κ2) is 10.5. The van der Waals surface area contributed by atoms with Crippen molar-refractivity contribution in [1.29, 1.82) is 0 Å². The van der Waals surface area contributed by atoms with Gasteiger partial charge < -0.3 is 9.32 Å². The Morgan fingerprint density at radius 1 is 0.389 bits per heavy atom. The number of para-hydroxylation sites is 2. The molecule has 8 aromatic carbocycles. The van der Waals surface area contributed by atoms with Gasteiger partial charge in [0.15, 0.2) is 0 Å². The van der Waals surface area contributed by atoms with Crippen LogP contribution < -0.4 is 4.90 Å². The molecule has 254 valence electrons. The van der Waals surface area contributed by atoms with E-state index in [0.717, 1.165) is 39.0 Å². The van der Waals surface area contributed by atoms with Crippen molar-refractivity contribution in [3.05, 3.63) is 209 Å². The SMILES string of the molecule is CC1(C)c2ccccc2-c2ccc(N(c3ccc4c(c3)oc3ccccc34)c3ccccc3C34c5ccccc5-c5cccc(c53)-c3ccccc34)cc21. The fourth-order valence-electron chi connectivity index (χ4n) is 10.4. The average molecular weight is 690 g/mol. The van der Waals surface area contributed by atoms with Crippen LogP contribution in [0.4, 0.5) is 17.1 Å².